The van der Waals surface area contributed by atoms with Gasteiger partial charge in [0.1, 0.15) is 5.82 Å². The molecule has 2 aromatic heterocycles. The summed E-state index contributed by atoms with van der Waals surface area (Å²) >= 11 is 0. The fraction of sp³-hybridized carbons (Fsp3) is 0.200. The van der Waals surface area contributed by atoms with Crippen molar-refractivity contribution < 1.29 is 4.39 Å². The van der Waals surface area contributed by atoms with E-state index >= 15 is 0 Å². The van der Waals surface area contributed by atoms with Gasteiger partial charge in [0.25, 0.3) is 5.56 Å². The molecule has 0 aliphatic carbocycles. The summed E-state index contributed by atoms with van der Waals surface area (Å²) < 4.78 is 15.0. The molecular weight excluding hydrogens is 197 g/mol. The first-order chi connectivity index (χ1) is 7.18. The highest BCUT2D eigenvalue weighted by Gasteiger charge is 2.26. The summed E-state index contributed by atoms with van der Waals surface area (Å²) in [7, 11) is 0. The van der Waals surface area contributed by atoms with Crippen molar-refractivity contribution in [3.8, 4) is 0 Å². The molecule has 1 aliphatic rings. The summed E-state index contributed by atoms with van der Waals surface area (Å²) in [5.41, 5.74) is 7.17. The number of nitrogens with zero attached hydrogens (tertiary/aromatic N) is 2. The first-order valence-corrected chi connectivity index (χ1v) is 4.62. The maximum atomic E-state index is 13.5. The van der Waals surface area contributed by atoms with Crippen LogP contribution < -0.4 is 11.3 Å². The summed E-state index contributed by atoms with van der Waals surface area (Å²) in [5.74, 6) is -0.438. The first kappa shape index (κ1) is 8.55. The van der Waals surface area contributed by atoms with Gasteiger partial charge in [-0.25, -0.2) is 4.39 Å². The van der Waals surface area contributed by atoms with Crippen LogP contribution in [0.25, 0.3) is 11.0 Å². The van der Waals surface area contributed by atoms with Crippen molar-refractivity contribution >= 4 is 11.0 Å². The SMILES string of the molecule is N[C@@H]1Cn2c(=O)ccc3ncc(F)c1c32. The first-order valence-electron chi connectivity index (χ1n) is 4.62. The molecule has 0 radical (unpaired) electrons. The van der Waals surface area contributed by atoms with Gasteiger partial charge in [-0.05, 0) is 6.07 Å². The second-order valence-corrected chi connectivity index (χ2v) is 3.64. The van der Waals surface area contributed by atoms with Gasteiger partial charge >= 0.3 is 0 Å². The highest BCUT2D eigenvalue weighted by molar-refractivity contribution is 5.80. The van der Waals surface area contributed by atoms with Crippen LogP contribution in [0.4, 0.5) is 4.39 Å². The normalized spacial score (nSPS) is 18.7. The maximum absolute atomic E-state index is 13.5. The molecule has 0 spiro atoms. The van der Waals surface area contributed by atoms with E-state index in [4.69, 9.17) is 5.73 Å². The average Bonchev–Trinajstić information content (AvgIpc) is 2.56. The Morgan fingerprint density at radius 2 is 2.33 bits per heavy atom. The lowest BCUT2D eigenvalue weighted by Crippen LogP contribution is -2.19. The lowest BCUT2D eigenvalue weighted by molar-refractivity contribution is 0.566. The zero-order valence-electron chi connectivity index (χ0n) is 7.77. The number of aromatic nitrogens is 2. The van der Waals surface area contributed by atoms with Crippen LogP contribution in [0.15, 0.2) is 23.1 Å². The van der Waals surface area contributed by atoms with Crippen LogP contribution in [0.3, 0.4) is 0 Å². The Hall–Kier alpha value is -1.75. The van der Waals surface area contributed by atoms with Crippen LogP contribution in [0.2, 0.25) is 0 Å². The predicted octanol–water partition coefficient (Wildman–Crippen LogP) is 0.549. The molecule has 0 bridgehead atoms. The van der Waals surface area contributed by atoms with Crippen molar-refractivity contribution in [2.24, 2.45) is 5.73 Å². The minimum Gasteiger partial charge on any atom is -0.322 e. The van der Waals surface area contributed by atoms with Crippen molar-refractivity contribution in [1.82, 2.24) is 9.55 Å². The van der Waals surface area contributed by atoms with Gasteiger partial charge in [0.05, 0.1) is 23.3 Å². The molecule has 0 amide bonds. The van der Waals surface area contributed by atoms with E-state index in [0.29, 0.717) is 23.1 Å². The molecule has 3 rings (SSSR count). The standard InChI is InChI=1S/C10H8FN3O/c11-5-3-13-7-1-2-8(15)14-4-6(12)9(5)10(7)14/h1-3,6H,4,12H2/t6-/m1/s1. The monoisotopic (exact) mass is 205 g/mol. The number of halogens is 1. The Morgan fingerprint density at radius 1 is 1.53 bits per heavy atom. The van der Waals surface area contributed by atoms with E-state index in [0.717, 1.165) is 6.20 Å². The fourth-order valence-corrected chi connectivity index (χ4v) is 2.09. The highest BCUT2D eigenvalue weighted by atomic mass is 19.1. The zero-order chi connectivity index (χ0) is 10.6. The van der Waals surface area contributed by atoms with E-state index in [1.54, 1.807) is 6.07 Å². The van der Waals surface area contributed by atoms with E-state index in [2.05, 4.69) is 4.98 Å². The summed E-state index contributed by atoms with van der Waals surface area (Å²) in [6, 6.07) is 2.56. The van der Waals surface area contributed by atoms with Gasteiger partial charge in [0.15, 0.2) is 0 Å². The van der Waals surface area contributed by atoms with Crippen LogP contribution in [-0.4, -0.2) is 9.55 Å². The van der Waals surface area contributed by atoms with Crippen molar-refractivity contribution in [2.45, 2.75) is 12.6 Å². The molecule has 2 N–H and O–H groups in total. The van der Waals surface area contributed by atoms with E-state index in [-0.39, 0.29) is 5.56 Å². The van der Waals surface area contributed by atoms with Crippen LogP contribution >= 0.6 is 0 Å². The molecule has 0 aromatic carbocycles. The molecular formula is C10H8FN3O. The van der Waals surface area contributed by atoms with Gasteiger partial charge in [-0.3, -0.25) is 9.78 Å². The Labute approximate surface area is 84.2 Å². The molecule has 0 saturated heterocycles. The van der Waals surface area contributed by atoms with Crippen LogP contribution in [0, 0.1) is 5.82 Å². The maximum Gasteiger partial charge on any atom is 0.251 e. The number of pyridine rings is 2. The van der Waals surface area contributed by atoms with Crippen molar-refractivity contribution in [3.05, 3.63) is 40.1 Å². The van der Waals surface area contributed by atoms with E-state index in [1.807, 2.05) is 0 Å². The third-order valence-corrected chi connectivity index (χ3v) is 2.74. The van der Waals surface area contributed by atoms with Crippen LogP contribution in [0.5, 0.6) is 0 Å². The predicted molar refractivity (Wildman–Crippen MR) is 52.9 cm³/mol. The number of nitrogens with two attached hydrogens (primary N) is 1. The average molecular weight is 205 g/mol. The third-order valence-electron chi connectivity index (χ3n) is 2.74. The van der Waals surface area contributed by atoms with Crippen LogP contribution in [0.1, 0.15) is 11.6 Å². The Balaban J connectivity index is 2.59. The van der Waals surface area contributed by atoms with E-state index in [1.165, 1.54) is 10.6 Å². The lowest BCUT2D eigenvalue weighted by Gasteiger charge is -2.03. The van der Waals surface area contributed by atoms with E-state index in [9.17, 15) is 9.18 Å². The van der Waals surface area contributed by atoms with Crippen molar-refractivity contribution in [1.29, 1.82) is 0 Å². The van der Waals surface area contributed by atoms with Crippen LogP contribution in [-0.2, 0) is 6.54 Å². The van der Waals surface area contributed by atoms with E-state index < -0.39 is 11.9 Å². The Bertz CT molecular complexity index is 620. The summed E-state index contributed by atoms with van der Waals surface area (Å²) in [6.45, 7) is 0.327. The zero-order valence-corrected chi connectivity index (χ0v) is 7.77. The molecule has 3 heterocycles. The molecule has 15 heavy (non-hydrogen) atoms. The molecule has 4 nitrogen and oxygen atoms in total. The fourth-order valence-electron chi connectivity index (χ4n) is 2.09. The number of rotatable bonds is 0. The van der Waals surface area contributed by atoms with Crippen molar-refractivity contribution in [2.75, 3.05) is 0 Å². The molecule has 1 atom stereocenters. The lowest BCUT2D eigenvalue weighted by atomic mass is 10.1. The van der Waals surface area contributed by atoms with Gasteiger partial charge in [0.2, 0.25) is 0 Å². The second kappa shape index (κ2) is 2.64. The number of hydrogen-bond donors (Lipinski definition) is 1. The summed E-state index contributed by atoms with van der Waals surface area (Å²) in [6.07, 6.45) is 1.15. The molecule has 76 valence electrons. The van der Waals surface area contributed by atoms with Gasteiger partial charge in [-0.2, -0.15) is 0 Å². The number of hydrogen-bond acceptors (Lipinski definition) is 3. The molecule has 0 unspecified atom stereocenters. The molecule has 0 fully saturated rings. The Morgan fingerprint density at radius 3 is 3.13 bits per heavy atom. The topological polar surface area (TPSA) is 60.9 Å². The Kier molecular flexibility index (Phi) is 1.50. The summed E-state index contributed by atoms with van der Waals surface area (Å²) in [4.78, 5) is 15.4. The highest BCUT2D eigenvalue weighted by Crippen LogP contribution is 2.29. The molecule has 5 heteroatoms. The molecule has 0 saturated carbocycles. The quantitative estimate of drug-likeness (QED) is 0.683. The second-order valence-electron chi connectivity index (χ2n) is 3.64. The third kappa shape index (κ3) is 0.979. The van der Waals surface area contributed by atoms with Gasteiger partial charge < -0.3 is 10.3 Å². The molecule has 2 aromatic rings. The van der Waals surface area contributed by atoms with Crippen molar-refractivity contribution in [3.63, 3.8) is 0 Å². The largest absolute Gasteiger partial charge is 0.322 e. The smallest absolute Gasteiger partial charge is 0.251 e. The molecule has 1 aliphatic heterocycles. The van der Waals surface area contributed by atoms with Gasteiger partial charge in [-0.1, -0.05) is 0 Å². The van der Waals surface area contributed by atoms with Gasteiger partial charge in [0, 0.05) is 18.2 Å². The minimum atomic E-state index is -0.453. The minimum absolute atomic E-state index is 0.163. The van der Waals surface area contributed by atoms with Gasteiger partial charge in [-0.15, -0.1) is 0 Å². The summed E-state index contributed by atoms with van der Waals surface area (Å²) in [5, 5.41) is 0.